The smallest absolute Gasteiger partial charge is 0.322 e. The summed E-state index contributed by atoms with van der Waals surface area (Å²) in [4.78, 5) is 37.1. The highest BCUT2D eigenvalue weighted by molar-refractivity contribution is 5.94. The molecule has 10 heteroatoms. The van der Waals surface area contributed by atoms with Crippen LogP contribution < -0.4 is 15.1 Å². The molecule has 9 nitrogen and oxygen atoms in total. The highest BCUT2D eigenvalue weighted by Crippen LogP contribution is 2.34. The Hall–Kier alpha value is -3.69. The molecule has 1 atom stereocenters. The van der Waals surface area contributed by atoms with Crippen molar-refractivity contribution in [2.75, 3.05) is 29.4 Å². The molecule has 3 aromatic rings. The summed E-state index contributed by atoms with van der Waals surface area (Å²) in [5, 5.41) is 2.73. The van der Waals surface area contributed by atoms with Crippen LogP contribution in [0.5, 0.6) is 0 Å². The SMILES string of the molecule is CC1c2cnc(-c3ncccn3)nc2CCN1c1cc(N2CCNC2=O)cc(F)n1. The maximum absolute atomic E-state index is 14.3. The van der Waals surface area contributed by atoms with Crippen LogP contribution in [0, 0.1) is 5.95 Å². The van der Waals surface area contributed by atoms with Crippen LogP contribution in [0.25, 0.3) is 11.6 Å². The molecule has 5 rings (SSSR count). The Morgan fingerprint density at radius 3 is 2.70 bits per heavy atom. The highest BCUT2D eigenvalue weighted by atomic mass is 19.1. The lowest BCUT2D eigenvalue weighted by Gasteiger charge is -2.35. The zero-order valence-corrected chi connectivity index (χ0v) is 16.3. The van der Waals surface area contributed by atoms with E-state index in [1.54, 1.807) is 30.7 Å². The Balaban J connectivity index is 1.46. The molecule has 0 spiro atoms. The van der Waals surface area contributed by atoms with Gasteiger partial charge in [-0.1, -0.05) is 0 Å². The number of fused-ring (bicyclic) bond motifs is 1. The molecule has 3 aromatic heterocycles. The fraction of sp³-hybridized carbons (Fsp3) is 0.300. The maximum atomic E-state index is 14.3. The van der Waals surface area contributed by atoms with Crippen molar-refractivity contribution < 1.29 is 9.18 Å². The third-order valence-electron chi connectivity index (χ3n) is 5.40. The van der Waals surface area contributed by atoms with Crippen molar-refractivity contribution in [1.82, 2.24) is 30.2 Å². The Kier molecular flexibility index (Phi) is 4.46. The number of carbonyl (C=O) groups excluding carboxylic acids is 1. The minimum Gasteiger partial charge on any atom is -0.349 e. The summed E-state index contributed by atoms with van der Waals surface area (Å²) in [6, 6.07) is 4.45. The van der Waals surface area contributed by atoms with E-state index in [1.807, 2.05) is 11.8 Å². The predicted molar refractivity (Wildman–Crippen MR) is 107 cm³/mol. The lowest BCUT2D eigenvalue weighted by Crippen LogP contribution is -2.36. The number of urea groups is 1. The van der Waals surface area contributed by atoms with Gasteiger partial charge >= 0.3 is 6.03 Å². The van der Waals surface area contributed by atoms with Crippen LogP contribution in [0.4, 0.5) is 20.7 Å². The summed E-state index contributed by atoms with van der Waals surface area (Å²) in [5.41, 5.74) is 2.37. The van der Waals surface area contributed by atoms with Crippen molar-refractivity contribution in [2.45, 2.75) is 19.4 Å². The number of pyridine rings is 1. The number of halogens is 1. The Morgan fingerprint density at radius 1 is 1.10 bits per heavy atom. The van der Waals surface area contributed by atoms with Gasteiger partial charge in [-0.2, -0.15) is 4.39 Å². The molecular weight excluding hydrogens is 387 g/mol. The first kappa shape index (κ1) is 18.3. The molecule has 152 valence electrons. The molecule has 0 aromatic carbocycles. The van der Waals surface area contributed by atoms with Gasteiger partial charge in [-0.15, -0.1) is 0 Å². The van der Waals surface area contributed by atoms with Crippen LogP contribution in [0.1, 0.15) is 24.2 Å². The predicted octanol–water partition coefficient (Wildman–Crippen LogP) is 2.12. The lowest BCUT2D eigenvalue weighted by molar-refractivity contribution is 0.252. The number of rotatable bonds is 3. The van der Waals surface area contributed by atoms with Gasteiger partial charge in [0, 0.05) is 62.3 Å². The van der Waals surface area contributed by atoms with E-state index in [4.69, 9.17) is 0 Å². The summed E-state index contributed by atoms with van der Waals surface area (Å²) in [5.74, 6) is 0.836. The average molecular weight is 406 g/mol. The standard InChI is InChI=1S/C20H19FN8O/c1-12-14-11-25-19(18-22-4-2-5-23-18)26-15(14)3-7-28(12)17-10-13(9-16(21)27-17)29-8-6-24-20(29)30/h2,4-5,9-12H,3,6-8H2,1H3,(H,24,30). The fourth-order valence-electron chi connectivity index (χ4n) is 3.89. The van der Waals surface area contributed by atoms with E-state index < -0.39 is 5.95 Å². The summed E-state index contributed by atoms with van der Waals surface area (Å²) in [6.07, 6.45) is 5.74. The first-order valence-electron chi connectivity index (χ1n) is 9.73. The summed E-state index contributed by atoms with van der Waals surface area (Å²) >= 11 is 0. The molecule has 0 aliphatic carbocycles. The van der Waals surface area contributed by atoms with Crippen LogP contribution in [0.15, 0.2) is 36.8 Å². The molecule has 0 saturated carbocycles. The third kappa shape index (κ3) is 3.19. The zero-order valence-electron chi connectivity index (χ0n) is 16.3. The monoisotopic (exact) mass is 406 g/mol. The minimum absolute atomic E-state index is 0.103. The lowest BCUT2D eigenvalue weighted by atomic mass is 9.99. The number of nitrogens with one attached hydrogen (secondary N) is 1. The van der Waals surface area contributed by atoms with Crippen molar-refractivity contribution in [1.29, 1.82) is 0 Å². The van der Waals surface area contributed by atoms with Gasteiger partial charge in [0.2, 0.25) is 5.95 Å². The van der Waals surface area contributed by atoms with E-state index in [-0.39, 0.29) is 12.1 Å². The van der Waals surface area contributed by atoms with E-state index in [9.17, 15) is 9.18 Å². The van der Waals surface area contributed by atoms with Gasteiger partial charge in [-0.25, -0.2) is 29.7 Å². The van der Waals surface area contributed by atoms with Gasteiger partial charge in [0.25, 0.3) is 0 Å². The molecule has 0 bridgehead atoms. The average Bonchev–Trinajstić information content (AvgIpc) is 3.20. The fourth-order valence-corrected chi connectivity index (χ4v) is 3.89. The second-order valence-corrected chi connectivity index (χ2v) is 7.18. The number of hydrogen-bond acceptors (Lipinski definition) is 7. The molecule has 1 N–H and O–H groups in total. The molecule has 1 fully saturated rings. The molecule has 2 aliphatic heterocycles. The summed E-state index contributed by atoms with van der Waals surface area (Å²) in [7, 11) is 0. The molecule has 1 saturated heterocycles. The minimum atomic E-state index is -0.618. The van der Waals surface area contributed by atoms with Crippen molar-refractivity contribution in [3.05, 3.63) is 54.0 Å². The van der Waals surface area contributed by atoms with Gasteiger partial charge in [0.05, 0.1) is 17.4 Å². The van der Waals surface area contributed by atoms with Crippen LogP contribution in [-0.2, 0) is 6.42 Å². The van der Waals surface area contributed by atoms with Gasteiger partial charge < -0.3 is 10.2 Å². The van der Waals surface area contributed by atoms with E-state index in [0.717, 1.165) is 11.3 Å². The third-order valence-corrected chi connectivity index (χ3v) is 5.40. The molecule has 5 heterocycles. The maximum Gasteiger partial charge on any atom is 0.322 e. The summed E-state index contributed by atoms with van der Waals surface area (Å²) in [6.45, 7) is 3.66. The number of nitrogens with zero attached hydrogens (tertiary/aromatic N) is 7. The van der Waals surface area contributed by atoms with Crippen molar-refractivity contribution >= 4 is 17.5 Å². The number of amides is 2. The normalized spacial score (nSPS) is 18.3. The number of anilines is 2. The van der Waals surface area contributed by atoms with E-state index >= 15 is 0 Å². The molecule has 2 aliphatic rings. The molecule has 30 heavy (non-hydrogen) atoms. The van der Waals surface area contributed by atoms with Gasteiger partial charge in [0.1, 0.15) is 5.82 Å². The molecule has 2 amide bonds. The number of aromatic nitrogens is 5. The van der Waals surface area contributed by atoms with Gasteiger partial charge in [0.15, 0.2) is 11.6 Å². The second-order valence-electron chi connectivity index (χ2n) is 7.18. The Labute approximate surface area is 172 Å². The highest BCUT2D eigenvalue weighted by Gasteiger charge is 2.29. The van der Waals surface area contributed by atoms with Crippen molar-refractivity contribution in [3.63, 3.8) is 0 Å². The Bertz CT molecular complexity index is 1110. The van der Waals surface area contributed by atoms with Crippen LogP contribution in [0.2, 0.25) is 0 Å². The Morgan fingerprint density at radius 2 is 1.93 bits per heavy atom. The largest absolute Gasteiger partial charge is 0.349 e. The molecule has 0 radical (unpaired) electrons. The summed E-state index contributed by atoms with van der Waals surface area (Å²) < 4.78 is 14.3. The van der Waals surface area contributed by atoms with Gasteiger partial charge in [-0.05, 0) is 13.0 Å². The quantitative estimate of drug-likeness (QED) is 0.665. The van der Waals surface area contributed by atoms with Crippen molar-refractivity contribution in [3.8, 4) is 11.6 Å². The first-order valence-corrected chi connectivity index (χ1v) is 9.73. The zero-order chi connectivity index (χ0) is 20.7. The van der Waals surface area contributed by atoms with Crippen LogP contribution >= 0.6 is 0 Å². The van der Waals surface area contributed by atoms with Crippen molar-refractivity contribution in [2.24, 2.45) is 0 Å². The van der Waals surface area contributed by atoms with E-state index in [2.05, 4.69) is 30.2 Å². The van der Waals surface area contributed by atoms with Gasteiger partial charge in [-0.3, -0.25) is 4.90 Å². The topological polar surface area (TPSA) is 100 Å². The second kappa shape index (κ2) is 7.29. The van der Waals surface area contributed by atoms with Crippen LogP contribution in [0.3, 0.4) is 0 Å². The first-order chi connectivity index (χ1) is 14.6. The number of hydrogen-bond donors (Lipinski definition) is 1. The van der Waals surface area contributed by atoms with Crippen LogP contribution in [-0.4, -0.2) is 50.6 Å². The van der Waals surface area contributed by atoms with E-state index in [0.29, 0.717) is 49.2 Å². The number of carbonyl (C=O) groups is 1. The molecule has 1 unspecified atom stereocenters. The van der Waals surface area contributed by atoms with E-state index in [1.165, 1.54) is 11.0 Å². The molecular formula is C20H19FN8O.